The highest BCUT2D eigenvalue weighted by atomic mass is 32.1. The molecule has 7 aliphatic rings. The van der Waals surface area contributed by atoms with Crippen molar-refractivity contribution in [2.45, 2.75) is 68.6 Å². The molecule has 12 nitrogen and oxygen atoms in total. The Hall–Kier alpha value is -3.52. The Morgan fingerprint density at radius 3 is 2.37 bits per heavy atom. The summed E-state index contributed by atoms with van der Waals surface area (Å²) < 4.78 is 0. The molecule has 0 aliphatic heterocycles. The zero-order valence-corrected chi connectivity index (χ0v) is 28.3. The van der Waals surface area contributed by atoms with E-state index in [1.807, 2.05) is 0 Å². The number of hydrogen-bond donors (Lipinski definition) is 5. The highest BCUT2D eigenvalue weighted by molar-refractivity contribution is 7.13. The zero-order valence-electron chi connectivity index (χ0n) is 27.5. The summed E-state index contributed by atoms with van der Waals surface area (Å²) in [6, 6.07) is 1.89. The van der Waals surface area contributed by atoms with E-state index in [2.05, 4.69) is 10.7 Å². The number of aromatic hydroxyl groups is 1. The molecule has 6 fully saturated rings. The van der Waals surface area contributed by atoms with Gasteiger partial charge in [-0.2, -0.15) is 0 Å². The number of phenolic OH excluding ortho intramolecular Hbond substituents is 1. The second-order valence-corrected chi connectivity index (χ2v) is 17.2. The van der Waals surface area contributed by atoms with Crippen LogP contribution in [0.4, 0.5) is 10.8 Å². The molecular formula is C36H40N4O8S. The molecule has 3 bridgehead atoms. The van der Waals surface area contributed by atoms with Gasteiger partial charge in [0.1, 0.15) is 5.75 Å². The van der Waals surface area contributed by atoms with Crippen molar-refractivity contribution in [3.8, 4) is 5.75 Å². The van der Waals surface area contributed by atoms with Gasteiger partial charge in [-0.25, -0.2) is 4.98 Å². The lowest BCUT2D eigenvalue weighted by Gasteiger charge is -2.56. The summed E-state index contributed by atoms with van der Waals surface area (Å²) in [5.41, 5.74) is 4.43. The standard InChI is InChI=1S/C36H40N4O8S/c1-12-15-4-5-18(38-34-39-19(11-49-34)22-16-7-13-6-14-8-17(22)35(16,9-13)10-14)27(41)21(15)28(42)23-20(12)29(43)25-26(40(2)3)30(44)24(33(37)47)32(46)36(25,48)31(23)45/h4-5,11-14,16-17,20,22-26,29,41,43,48H,6-10H2,1-3H3,(H2,37,47)(H,38,39)/t12-,13?,14?,16?,17?,20+,22?,23?,24?,25+,26-,29-,35?,36-/m1/s1. The molecule has 1 amide bonds. The number of aliphatic hydroxyl groups excluding tert-OH is 1. The number of ketones is 4. The van der Waals surface area contributed by atoms with Gasteiger partial charge in [0.15, 0.2) is 39.8 Å². The molecule has 49 heavy (non-hydrogen) atoms. The SMILES string of the molecule is C[C@@H]1c2ccc(Nc3nc(C4C5CC6CC7CC4C5(C6)C7)cs3)c(O)c2C(=O)C2C(=O)[C@@]3(O)C(=O)C(C(N)=O)C(=O)[C@H](N(C)C)[C@H]3[C@H](O)[C@H]21. The number of carbonyl (C=O) groups excluding carboxylic acids is 5. The maximum atomic E-state index is 14.3. The molecule has 9 rings (SSSR count). The lowest BCUT2D eigenvalue weighted by molar-refractivity contribution is -0.196. The first-order valence-electron chi connectivity index (χ1n) is 17.3. The molecule has 0 radical (unpaired) electrons. The van der Waals surface area contributed by atoms with Crippen molar-refractivity contribution >= 4 is 51.2 Å². The number of nitrogens with zero attached hydrogens (tertiary/aromatic N) is 2. The molecular weight excluding hydrogens is 648 g/mol. The third-order valence-corrected chi connectivity index (χ3v) is 14.9. The highest BCUT2D eigenvalue weighted by Gasteiger charge is 2.73. The fraction of sp³-hybridized carbons (Fsp3) is 0.611. The number of benzene rings is 1. The number of nitrogens with two attached hydrogens (primary N) is 1. The summed E-state index contributed by atoms with van der Waals surface area (Å²) >= 11 is 1.44. The minimum Gasteiger partial charge on any atom is -0.505 e. The number of primary amides is 1. The van der Waals surface area contributed by atoms with Crippen LogP contribution < -0.4 is 11.1 Å². The van der Waals surface area contributed by atoms with Crippen LogP contribution in [0.2, 0.25) is 0 Å². The second-order valence-electron chi connectivity index (χ2n) is 16.3. The van der Waals surface area contributed by atoms with E-state index in [0.717, 1.165) is 17.5 Å². The number of aliphatic hydroxyl groups is 2. The number of anilines is 2. The van der Waals surface area contributed by atoms with E-state index in [-0.39, 0.29) is 11.3 Å². The quantitative estimate of drug-likeness (QED) is 0.228. The number of Topliss-reactive ketones (excluding diaryl/α,β-unsaturated/α-hetero) is 4. The summed E-state index contributed by atoms with van der Waals surface area (Å²) in [4.78, 5) is 74.1. The minimum atomic E-state index is -3.03. The zero-order chi connectivity index (χ0) is 34.6. The smallest absolute Gasteiger partial charge is 0.235 e. The molecule has 0 saturated heterocycles. The first-order chi connectivity index (χ1) is 23.2. The Kier molecular flexibility index (Phi) is 6.45. The molecule has 6 saturated carbocycles. The van der Waals surface area contributed by atoms with Crippen molar-refractivity contribution in [3.05, 3.63) is 34.3 Å². The average Bonchev–Trinajstić information content (AvgIpc) is 3.65. The average molecular weight is 689 g/mol. The molecule has 13 heteroatoms. The van der Waals surface area contributed by atoms with Crippen LogP contribution in [0.3, 0.4) is 0 Å². The fourth-order valence-electron chi connectivity index (χ4n) is 12.5. The van der Waals surface area contributed by atoms with Crippen molar-refractivity contribution < 1.29 is 39.3 Å². The van der Waals surface area contributed by atoms with Crippen LogP contribution >= 0.6 is 11.3 Å². The van der Waals surface area contributed by atoms with Crippen molar-refractivity contribution in [1.29, 1.82) is 0 Å². The number of hydrogen-bond acceptors (Lipinski definition) is 12. The number of amides is 1. The van der Waals surface area contributed by atoms with Crippen LogP contribution in [0.5, 0.6) is 5.75 Å². The molecule has 1 aromatic carbocycles. The van der Waals surface area contributed by atoms with Gasteiger partial charge in [0.25, 0.3) is 0 Å². The lowest BCUT2D eigenvalue weighted by Crippen LogP contribution is -2.77. The van der Waals surface area contributed by atoms with E-state index in [4.69, 9.17) is 10.7 Å². The van der Waals surface area contributed by atoms with E-state index in [0.29, 0.717) is 33.9 Å². The largest absolute Gasteiger partial charge is 0.505 e. The molecule has 12 atom stereocenters. The number of phenols is 1. The van der Waals surface area contributed by atoms with Crippen LogP contribution in [0.1, 0.15) is 72.5 Å². The van der Waals surface area contributed by atoms with Crippen LogP contribution in [0.15, 0.2) is 17.5 Å². The van der Waals surface area contributed by atoms with E-state index >= 15 is 0 Å². The number of rotatable bonds is 5. The molecule has 7 aliphatic carbocycles. The van der Waals surface area contributed by atoms with Crippen molar-refractivity contribution in [1.82, 2.24) is 9.88 Å². The van der Waals surface area contributed by atoms with Crippen molar-refractivity contribution in [3.63, 3.8) is 0 Å². The van der Waals surface area contributed by atoms with Gasteiger partial charge in [0.05, 0.1) is 40.9 Å². The number of aromatic nitrogens is 1. The van der Waals surface area contributed by atoms with Crippen LogP contribution in [-0.2, 0) is 19.2 Å². The lowest BCUT2D eigenvalue weighted by atomic mass is 9.49. The van der Waals surface area contributed by atoms with Gasteiger partial charge in [0, 0.05) is 17.2 Å². The summed E-state index contributed by atoms with van der Waals surface area (Å²) in [5.74, 6) is -9.91. The predicted octanol–water partition coefficient (Wildman–Crippen LogP) is 2.14. The van der Waals surface area contributed by atoms with Gasteiger partial charge in [0.2, 0.25) is 5.91 Å². The third kappa shape index (κ3) is 3.74. The van der Waals surface area contributed by atoms with Crippen molar-refractivity contribution in [2.24, 2.45) is 58.5 Å². The number of nitrogens with one attached hydrogen (secondary N) is 1. The predicted molar refractivity (Wildman–Crippen MR) is 175 cm³/mol. The minimum absolute atomic E-state index is 0.145. The van der Waals surface area contributed by atoms with Gasteiger partial charge < -0.3 is 26.4 Å². The summed E-state index contributed by atoms with van der Waals surface area (Å²) in [7, 11) is 2.93. The highest BCUT2D eigenvalue weighted by Crippen LogP contribution is 2.79. The molecule has 1 spiro atoms. The van der Waals surface area contributed by atoms with Gasteiger partial charge in [-0.1, -0.05) is 13.0 Å². The normalized spacial score (nSPS) is 44.4. The number of fused-ring (bicyclic) bond motifs is 5. The maximum absolute atomic E-state index is 14.3. The topological polar surface area (TPSA) is 200 Å². The Morgan fingerprint density at radius 1 is 1.06 bits per heavy atom. The Bertz CT molecular complexity index is 1870. The first kappa shape index (κ1) is 31.5. The Morgan fingerprint density at radius 2 is 1.73 bits per heavy atom. The summed E-state index contributed by atoms with van der Waals surface area (Å²) in [5, 5.41) is 41.1. The molecule has 6 N–H and O–H groups in total. The fourth-order valence-corrected chi connectivity index (χ4v) is 13.3. The van der Waals surface area contributed by atoms with Gasteiger partial charge in [-0.3, -0.25) is 28.9 Å². The maximum Gasteiger partial charge on any atom is 0.235 e. The summed E-state index contributed by atoms with van der Waals surface area (Å²) in [6.07, 6.45) is 5.03. The molecule has 1 heterocycles. The Balaban J connectivity index is 1.04. The van der Waals surface area contributed by atoms with Gasteiger partial charge >= 0.3 is 0 Å². The van der Waals surface area contributed by atoms with E-state index in [1.165, 1.54) is 62.4 Å². The van der Waals surface area contributed by atoms with Crippen molar-refractivity contribution in [2.75, 3.05) is 19.4 Å². The third-order valence-electron chi connectivity index (χ3n) is 14.1. The molecule has 1 aromatic heterocycles. The molecule has 258 valence electrons. The summed E-state index contributed by atoms with van der Waals surface area (Å²) in [6.45, 7) is 1.70. The first-order valence-corrected chi connectivity index (χ1v) is 18.2. The van der Waals surface area contributed by atoms with Crippen LogP contribution in [-0.4, -0.2) is 86.1 Å². The van der Waals surface area contributed by atoms with E-state index in [1.54, 1.807) is 19.1 Å². The Labute approximate surface area is 286 Å². The number of likely N-dealkylation sites (N-methyl/N-ethyl adjacent to an activating group) is 1. The van der Waals surface area contributed by atoms with E-state index in [9.17, 15) is 39.3 Å². The monoisotopic (exact) mass is 688 g/mol. The van der Waals surface area contributed by atoms with Gasteiger partial charge in [-0.05, 0) is 92.8 Å². The second kappa shape index (κ2) is 10.0. The number of carbonyl (C=O) groups is 5. The number of thiazole rings is 1. The van der Waals surface area contributed by atoms with Crippen LogP contribution in [0, 0.1) is 52.8 Å². The van der Waals surface area contributed by atoms with Gasteiger partial charge in [-0.15, -0.1) is 11.3 Å². The van der Waals surface area contributed by atoms with Crippen LogP contribution in [0.25, 0.3) is 0 Å². The molecule has 6 unspecified atom stereocenters. The molecule has 2 aromatic rings. The van der Waals surface area contributed by atoms with E-state index < -0.39 is 82.1 Å².